The summed E-state index contributed by atoms with van der Waals surface area (Å²) in [6, 6.07) is 25.3. The van der Waals surface area contributed by atoms with Crippen molar-refractivity contribution in [3.05, 3.63) is 106 Å². The molecule has 4 rings (SSSR count). The number of nitrogens with zero attached hydrogens (tertiary/aromatic N) is 2. The molecule has 1 aromatic heterocycles. The van der Waals surface area contributed by atoms with E-state index in [1.165, 1.54) is 23.3 Å². The van der Waals surface area contributed by atoms with Gasteiger partial charge in [0.25, 0.3) is 0 Å². The molecule has 0 aliphatic heterocycles. The maximum absolute atomic E-state index is 13.4. The first-order chi connectivity index (χ1) is 13.7. The van der Waals surface area contributed by atoms with Gasteiger partial charge in [0.15, 0.2) is 4.80 Å². The van der Waals surface area contributed by atoms with Gasteiger partial charge in [0.2, 0.25) is 0 Å². The number of aromatic nitrogens is 1. The van der Waals surface area contributed by atoms with Gasteiger partial charge in [-0.3, -0.25) is 0 Å². The van der Waals surface area contributed by atoms with Gasteiger partial charge >= 0.3 is 0 Å². The standard InChI is InChI=1S/C24H21FN2S/c1-18-7-13-22(14-8-18)26-24-27(16-15-19-5-3-2-4-6-19)23(17-28-24)20-9-11-21(25)12-10-20/h2-14,17H,15-16H2,1H3. The van der Waals surface area contributed by atoms with Gasteiger partial charge in [-0.2, -0.15) is 0 Å². The number of benzene rings is 3. The zero-order valence-corrected chi connectivity index (χ0v) is 16.5. The van der Waals surface area contributed by atoms with Crippen LogP contribution in [0, 0.1) is 12.7 Å². The van der Waals surface area contributed by atoms with Gasteiger partial charge in [-0.15, -0.1) is 11.3 Å². The van der Waals surface area contributed by atoms with Crippen molar-refractivity contribution in [2.24, 2.45) is 4.99 Å². The van der Waals surface area contributed by atoms with Gasteiger partial charge in [0, 0.05) is 11.9 Å². The largest absolute Gasteiger partial charge is 0.316 e. The summed E-state index contributed by atoms with van der Waals surface area (Å²) in [4.78, 5) is 5.81. The molecule has 3 aromatic carbocycles. The van der Waals surface area contributed by atoms with Crippen molar-refractivity contribution in [2.75, 3.05) is 0 Å². The Labute approximate surface area is 168 Å². The molecule has 0 saturated heterocycles. The smallest absolute Gasteiger partial charge is 0.190 e. The second-order valence-electron chi connectivity index (χ2n) is 6.74. The monoisotopic (exact) mass is 388 g/mol. The van der Waals surface area contributed by atoms with Gasteiger partial charge in [-0.1, -0.05) is 48.0 Å². The Morgan fingerprint density at radius 3 is 2.32 bits per heavy atom. The fourth-order valence-corrected chi connectivity index (χ4v) is 4.06. The van der Waals surface area contributed by atoms with E-state index in [0.29, 0.717) is 0 Å². The molecule has 0 spiro atoms. The van der Waals surface area contributed by atoms with Crippen LogP contribution in [0.1, 0.15) is 11.1 Å². The summed E-state index contributed by atoms with van der Waals surface area (Å²) in [5.74, 6) is -0.223. The third-order valence-corrected chi connectivity index (χ3v) is 5.53. The summed E-state index contributed by atoms with van der Waals surface area (Å²) in [5.41, 5.74) is 5.50. The normalized spacial score (nSPS) is 11.7. The molecule has 4 aromatic rings. The minimum Gasteiger partial charge on any atom is -0.316 e. The van der Waals surface area contributed by atoms with E-state index in [9.17, 15) is 4.39 Å². The van der Waals surface area contributed by atoms with Crippen LogP contribution in [0.4, 0.5) is 10.1 Å². The van der Waals surface area contributed by atoms with Crippen molar-refractivity contribution in [3.63, 3.8) is 0 Å². The molecule has 0 saturated carbocycles. The second kappa shape index (κ2) is 8.36. The first kappa shape index (κ1) is 18.4. The number of halogens is 1. The summed E-state index contributed by atoms with van der Waals surface area (Å²) in [6.07, 6.45) is 0.910. The van der Waals surface area contributed by atoms with Crippen molar-refractivity contribution in [1.82, 2.24) is 4.57 Å². The van der Waals surface area contributed by atoms with E-state index in [1.807, 2.05) is 30.3 Å². The van der Waals surface area contributed by atoms with E-state index in [-0.39, 0.29) is 5.82 Å². The quantitative estimate of drug-likeness (QED) is 0.391. The SMILES string of the molecule is Cc1ccc(N=c2scc(-c3ccc(F)cc3)n2CCc2ccccc2)cc1. The fraction of sp³-hybridized carbons (Fsp3) is 0.125. The van der Waals surface area contributed by atoms with Crippen molar-refractivity contribution in [3.8, 4) is 11.3 Å². The molecule has 0 amide bonds. The lowest BCUT2D eigenvalue weighted by Gasteiger charge is -2.10. The zero-order valence-electron chi connectivity index (χ0n) is 15.7. The molecule has 0 fully saturated rings. The van der Waals surface area contributed by atoms with Crippen LogP contribution < -0.4 is 4.80 Å². The van der Waals surface area contributed by atoms with Crippen LogP contribution in [0.15, 0.2) is 89.2 Å². The van der Waals surface area contributed by atoms with E-state index in [2.05, 4.69) is 53.3 Å². The summed E-state index contributed by atoms with van der Waals surface area (Å²) >= 11 is 1.61. The number of thiazole rings is 1. The Balaban J connectivity index is 1.75. The molecule has 28 heavy (non-hydrogen) atoms. The predicted molar refractivity (Wildman–Crippen MR) is 114 cm³/mol. The molecule has 0 aliphatic carbocycles. The summed E-state index contributed by atoms with van der Waals surface area (Å²) in [5, 5.41) is 2.10. The first-order valence-electron chi connectivity index (χ1n) is 9.29. The molecular formula is C24H21FN2S. The van der Waals surface area contributed by atoms with Gasteiger partial charge in [0.1, 0.15) is 5.82 Å². The Morgan fingerprint density at radius 2 is 1.61 bits per heavy atom. The Bertz CT molecular complexity index is 1110. The van der Waals surface area contributed by atoms with E-state index in [0.717, 1.165) is 34.7 Å². The number of aryl methyl sites for hydroxylation is 2. The van der Waals surface area contributed by atoms with Crippen molar-refractivity contribution < 1.29 is 4.39 Å². The van der Waals surface area contributed by atoms with E-state index >= 15 is 0 Å². The topological polar surface area (TPSA) is 17.3 Å². The number of hydrogen-bond acceptors (Lipinski definition) is 2. The van der Waals surface area contributed by atoms with Crippen LogP contribution in [0.2, 0.25) is 0 Å². The molecule has 0 radical (unpaired) electrons. The van der Waals surface area contributed by atoms with Crippen molar-refractivity contribution in [2.45, 2.75) is 19.9 Å². The Morgan fingerprint density at radius 1 is 0.893 bits per heavy atom. The highest BCUT2D eigenvalue weighted by Gasteiger charge is 2.09. The Kier molecular flexibility index (Phi) is 5.49. The molecule has 0 atom stereocenters. The van der Waals surface area contributed by atoms with Gasteiger partial charge in [-0.25, -0.2) is 9.38 Å². The number of rotatable bonds is 5. The molecule has 0 aliphatic rings. The third-order valence-electron chi connectivity index (χ3n) is 4.66. The molecule has 140 valence electrons. The lowest BCUT2D eigenvalue weighted by atomic mass is 10.1. The van der Waals surface area contributed by atoms with E-state index < -0.39 is 0 Å². The van der Waals surface area contributed by atoms with Crippen LogP contribution in [-0.2, 0) is 13.0 Å². The molecule has 4 heteroatoms. The molecular weight excluding hydrogens is 367 g/mol. The van der Waals surface area contributed by atoms with Crippen LogP contribution >= 0.6 is 11.3 Å². The lowest BCUT2D eigenvalue weighted by molar-refractivity contribution is 0.627. The maximum Gasteiger partial charge on any atom is 0.190 e. The third kappa shape index (κ3) is 4.29. The predicted octanol–water partition coefficient (Wildman–Crippen LogP) is 6.14. The molecule has 2 nitrogen and oxygen atoms in total. The first-order valence-corrected chi connectivity index (χ1v) is 10.2. The lowest BCUT2D eigenvalue weighted by Crippen LogP contribution is -2.17. The second-order valence-corrected chi connectivity index (χ2v) is 7.58. The summed E-state index contributed by atoms with van der Waals surface area (Å²) in [7, 11) is 0. The highest BCUT2D eigenvalue weighted by Crippen LogP contribution is 2.22. The van der Waals surface area contributed by atoms with Crippen LogP contribution in [0.3, 0.4) is 0 Å². The molecule has 0 bridgehead atoms. The average Bonchev–Trinajstić information content (AvgIpc) is 3.12. The minimum absolute atomic E-state index is 0.223. The van der Waals surface area contributed by atoms with Crippen LogP contribution in [0.25, 0.3) is 11.3 Å². The number of hydrogen-bond donors (Lipinski definition) is 0. The van der Waals surface area contributed by atoms with Gasteiger partial charge in [-0.05, 0) is 60.9 Å². The minimum atomic E-state index is -0.223. The van der Waals surface area contributed by atoms with Gasteiger partial charge < -0.3 is 4.57 Å². The summed E-state index contributed by atoms with van der Waals surface area (Å²) < 4.78 is 15.6. The Hall–Kier alpha value is -2.98. The van der Waals surface area contributed by atoms with Crippen LogP contribution in [-0.4, -0.2) is 4.57 Å². The molecule has 1 heterocycles. The average molecular weight is 389 g/mol. The van der Waals surface area contributed by atoms with Crippen molar-refractivity contribution >= 4 is 17.0 Å². The molecule has 0 unspecified atom stereocenters. The summed E-state index contributed by atoms with van der Waals surface area (Å²) in [6.45, 7) is 2.88. The maximum atomic E-state index is 13.4. The fourth-order valence-electron chi connectivity index (χ4n) is 3.10. The van der Waals surface area contributed by atoms with Crippen molar-refractivity contribution in [1.29, 1.82) is 0 Å². The zero-order chi connectivity index (χ0) is 19.3. The highest BCUT2D eigenvalue weighted by atomic mass is 32.1. The van der Waals surface area contributed by atoms with Gasteiger partial charge in [0.05, 0.1) is 11.4 Å². The van der Waals surface area contributed by atoms with E-state index in [1.54, 1.807) is 11.3 Å². The molecule has 0 N–H and O–H groups in total. The van der Waals surface area contributed by atoms with Crippen LogP contribution in [0.5, 0.6) is 0 Å². The highest BCUT2D eigenvalue weighted by molar-refractivity contribution is 7.07. The van der Waals surface area contributed by atoms with E-state index in [4.69, 9.17) is 4.99 Å².